The molecular formula is C13H18N2O4. The first-order valence-electron chi connectivity index (χ1n) is 5.87. The van der Waals surface area contributed by atoms with Gasteiger partial charge >= 0.3 is 5.97 Å². The molecule has 0 radical (unpaired) electrons. The summed E-state index contributed by atoms with van der Waals surface area (Å²) in [6, 6.07) is 6.63. The van der Waals surface area contributed by atoms with E-state index >= 15 is 0 Å². The van der Waals surface area contributed by atoms with Gasteiger partial charge in [0.25, 0.3) is 0 Å². The van der Waals surface area contributed by atoms with E-state index < -0.39 is 5.97 Å². The van der Waals surface area contributed by atoms with Crippen LogP contribution >= 0.6 is 0 Å². The Morgan fingerprint density at radius 1 is 1.42 bits per heavy atom. The predicted molar refractivity (Wildman–Crippen MR) is 71.7 cm³/mol. The van der Waals surface area contributed by atoms with E-state index in [1.165, 1.54) is 7.11 Å². The number of hydrogen-bond donors (Lipinski definition) is 2. The molecule has 0 bridgehead atoms. The number of ether oxygens (including phenoxy) is 1. The summed E-state index contributed by atoms with van der Waals surface area (Å²) in [5.74, 6) is -0.596. The SMILES string of the molecule is COC(=O)/C(=N/O[C@@H](C)CCO)c1ccc(N)cc1. The smallest absolute Gasteiger partial charge is 0.360 e. The number of carbonyl (C=O) groups is 1. The maximum Gasteiger partial charge on any atom is 0.360 e. The molecule has 0 spiro atoms. The van der Waals surface area contributed by atoms with Crippen LogP contribution < -0.4 is 5.73 Å². The van der Waals surface area contributed by atoms with Crippen LogP contribution in [0.4, 0.5) is 5.69 Å². The summed E-state index contributed by atoms with van der Waals surface area (Å²) in [4.78, 5) is 16.8. The van der Waals surface area contributed by atoms with Gasteiger partial charge in [0.05, 0.1) is 7.11 Å². The van der Waals surface area contributed by atoms with E-state index in [4.69, 9.17) is 15.7 Å². The number of methoxy groups -OCH3 is 1. The van der Waals surface area contributed by atoms with Gasteiger partial charge < -0.3 is 20.4 Å². The molecule has 1 atom stereocenters. The third kappa shape index (κ3) is 4.59. The fourth-order valence-electron chi connectivity index (χ4n) is 1.32. The number of anilines is 1. The summed E-state index contributed by atoms with van der Waals surface area (Å²) in [6.07, 6.45) is 0.137. The first-order valence-corrected chi connectivity index (χ1v) is 5.87. The van der Waals surface area contributed by atoms with Gasteiger partial charge in [-0.3, -0.25) is 0 Å². The number of rotatable bonds is 6. The number of esters is 1. The second kappa shape index (κ2) is 7.38. The number of nitrogens with zero attached hydrogens (tertiary/aromatic N) is 1. The average Bonchev–Trinajstić information content (AvgIpc) is 2.41. The minimum atomic E-state index is -0.596. The molecule has 104 valence electrons. The minimum Gasteiger partial charge on any atom is -0.464 e. The molecule has 0 saturated carbocycles. The van der Waals surface area contributed by atoms with Crippen molar-refractivity contribution in [1.82, 2.24) is 0 Å². The van der Waals surface area contributed by atoms with Crippen LogP contribution in [0, 0.1) is 0 Å². The van der Waals surface area contributed by atoms with E-state index in [-0.39, 0.29) is 18.4 Å². The van der Waals surface area contributed by atoms with Gasteiger partial charge in [-0.1, -0.05) is 17.3 Å². The van der Waals surface area contributed by atoms with Crippen molar-refractivity contribution < 1.29 is 19.5 Å². The zero-order valence-electron chi connectivity index (χ0n) is 11.0. The predicted octanol–water partition coefficient (Wildman–Crippen LogP) is 0.933. The second-order valence-electron chi connectivity index (χ2n) is 3.98. The fourth-order valence-corrected chi connectivity index (χ4v) is 1.32. The Balaban J connectivity index is 2.91. The quantitative estimate of drug-likeness (QED) is 0.346. The zero-order chi connectivity index (χ0) is 14.3. The van der Waals surface area contributed by atoms with Crippen molar-refractivity contribution in [3.05, 3.63) is 29.8 Å². The topological polar surface area (TPSA) is 94.1 Å². The molecule has 0 fully saturated rings. The zero-order valence-corrected chi connectivity index (χ0v) is 11.0. The second-order valence-corrected chi connectivity index (χ2v) is 3.98. The highest BCUT2D eigenvalue weighted by Gasteiger charge is 2.16. The number of nitrogens with two attached hydrogens (primary N) is 1. The lowest BCUT2D eigenvalue weighted by molar-refractivity contribution is -0.132. The van der Waals surface area contributed by atoms with Crippen LogP contribution in [0.5, 0.6) is 0 Å². The number of hydrogen-bond acceptors (Lipinski definition) is 6. The minimum absolute atomic E-state index is 0.00782. The lowest BCUT2D eigenvalue weighted by atomic mass is 10.1. The van der Waals surface area contributed by atoms with E-state index in [0.717, 1.165) is 0 Å². The summed E-state index contributed by atoms with van der Waals surface area (Å²) < 4.78 is 4.66. The Morgan fingerprint density at radius 3 is 2.58 bits per heavy atom. The van der Waals surface area contributed by atoms with Crippen LogP contribution in [-0.4, -0.2) is 36.6 Å². The van der Waals surface area contributed by atoms with Crippen LogP contribution in [0.15, 0.2) is 29.4 Å². The molecule has 0 aliphatic rings. The van der Waals surface area contributed by atoms with Crippen LogP contribution in [0.25, 0.3) is 0 Å². The number of benzene rings is 1. The van der Waals surface area contributed by atoms with Crippen molar-refractivity contribution in [1.29, 1.82) is 0 Å². The van der Waals surface area contributed by atoms with E-state index in [0.29, 0.717) is 17.7 Å². The lowest BCUT2D eigenvalue weighted by Gasteiger charge is -2.10. The molecule has 0 saturated heterocycles. The highest BCUT2D eigenvalue weighted by atomic mass is 16.6. The lowest BCUT2D eigenvalue weighted by Crippen LogP contribution is -2.19. The summed E-state index contributed by atoms with van der Waals surface area (Å²) >= 11 is 0. The van der Waals surface area contributed by atoms with Gasteiger partial charge in [0, 0.05) is 24.3 Å². The van der Waals surface area contributed by atoms with E-state index in [1.54, 1.807) is 31.2 Å². The molecule has 0 aliphatic carbocycles. The van der Waals surface area contributed by atoms with E-state index in [9.17, 15) is 4.79 Å². The van der Waals surface area contributed by atoms with Gasteiger partial charge in [-0.2, -0.15) is 0 Å². The Bertz CT molecular complexity index is 442. The van der Waals surface area contributed by atoms with Gasteiger partial charge in [-0.25, -0.2) is 4.79 Å². The largest absolute Gasteiger partial charge is 0.464 e. The van der Waals surface area contributed by atoms with Crippen LogP contribution in [0.1, 0.15) is 18.9 Å². The van der Waals surface area contributed by atoms with E-state index in [2.05, 4.69) is 9.89 Å². The number of nitrogen functional groups attached to an aromatic ring is 1. The highest BCUT2D eigenvalue weighted by Crippen LogP contribution is 2.09. The maximum atomic E-state index is 11.7. The summed E-state index contributed by atoms with van der Waals surface area (Å²) in [7, 11) is 1.27. The van der Waals surface area contributed by atoms with Crippen molar-refractivity contribution in [3.63, 3.8) is 0 Å². The molecule has 0 aromatic heterocycles. The van der Waals surface area contributed by atoms with Crippen molar-refractivity contribution in [2.24, 2.45) is 5.16 Å². The Labute approximate surface area is 111 Å². The molecule has 6 heteroatoms. The Kier molecular flexibility index (Phi) is 5.81. The van der Waals surface area contributed by atoms with Crippen molar-refractivity contribution in [2.45, 2.75) is 19.4 Å². The third-order valence-electron chi connectivity index (χ3n) is 2.42. The molecule has 3 N–H and O–H groups in total. The maximum absolute atomic E-state index is 11.7. The van der Waals surface area contributed by atoms with Crippen molar-refractivity contribution >= 4 is 17.4 Å². The van der Waals surface area contributed by atoms with E-state index in [1.807, 2.05) is 0 Å². The van der Waals surface area contributed by atoms with Gasteiger partial charge in [-0.05, 0) is 19.1 Å². The van der Waals surface area contributed by atoms with Crippen molar-refractivity contribution in [2.75, 3.05) is 19.5 Å². The monoisotopic (exact) mass is 266 g/mol. The highest BCUT2D eigenvalue weighted by molar-refractivity contribution is 6.43. The number of oxime groups is 1. The Hall–Kier alpha value is -2.08. The fraction of sp³-hybridized carbons (Fsp3) is 0.385. The normalized spacial score (nSPS) is 12.9. The number of aliphatic hydroxyl groups excluding tert-OH is 1. The van der Waals surface area contributed by atoms with Gasteiger partial charge in [-0.15, -0.1) is 0 Å². The Morgan fingerprint density at radius 2 is 2.05 bits per heavy atom. The van der Waals surface area contributed by atoms with Crippen LogP contribution in [0.2, 0.25) is 0 Å². The molecule has 0 heterocycles. The molecule has 0 unspecified atom stereocenters. The first-order chi connectivity index (χ1) is 9.08. The van der Waals surface area contributed by atoms with Crippen molar-refractivity contribution in [3.8, 4) is 0 Å². The van der Waals surface area contributed by atoms with Gasteiger partial charge in [0.2, 0.25) is 0 Å². The average molecular weight is 266 g/mol. The van der Waals surface area contributed by atoms with Gasteiger partial charge in [0.15, 0.2) is 5.71 Å². The standard InChI is InChI=1S/C13H18N2O4/c1-9(7-8-16)19-15-12(13(17)18-2)10-3-5-11(14)6-4-10/h3-6,9,16H,7-8,14H2,1-2H3/b15-12+/t9-/m0/s1. The molecular weight excluding hydrogens is 248 g/mol. The molecule has 19 heavy (non-hydrogen) atoms. The number of carbonyl (C=O) groups excluding carboxylic acids is 1. The molecule has 0 amide bonds. The third-order valence-corrected chi connectivity index (χ3v) is 2.42. The van der Waals surface area contributed by atoms with Gasteiger partial charge in [0.1, 0.15) is 6.10 Å². The molecule has 1 rings (SSSR count). The first kappa shape index (κ1) is 15.0. The molecule has 6 nitrogen and oxygen atoms in total. The molecule has 1 aromatic rings. The summed E-state index contributed by atoms with van der Waals surface area (Å²) in [5, 5.41) is 12.6. The summed E-state index contributed by atoms with van der Waals surface area (Å²) in [6.45, 7) is 1.74. The molecule has 1 aromatic carbocycles. The summed E-state index contributed by atoms with van der Waals surface area (Å²) in [5.41, 5.74) is 6.78. The molecule has 0 aliphatic heterocycles. The number of aliphatic hydroxyl groups is 1. The van der Waals surface area contributed by atoms with Crippen LogP contribution in [0.3, 0.4) is 0 Å². The van der Waals surface area contributed by atoms with Crippen LogP contribution in [-0.2, 0) is 14.4 Å².